The van der Waals surface area contributed by atoms with Crippen LogP contribution in [0.3, 0.4) is 0 Å². The molecule has 2 rings (SSSR count). The van der Waals surface area contributed by atoms with Gasteiger partial charge in [0.1, 0.15) is 0 Å². The van der Waals surface area contributed by atoms with E-state index < -0.39 is 0 Å². The van der Waals surface area contributed by atoms with Gasteiger partial charge < -0.3 is 5.32 Å². The number of anilines is 1. The first kappa shape index (κ1) is 9.93. The lowest BCUT2D eigenvalue weighted by Gasteiger charge is -2.23. The van der Waals surface area contributed by atoms with Crippen molar-refractivity contribution in [1.29, 1.82) is 0 Å². The fraction of sp³-hybridized carbons (Fsp3) is 0.556. The monoisotopic (exact) mass is 230 g/mol. The van der Waals surface area contributed by atoms with Crippen LogP contribution < -0.4 is 5.32 Å². The van der Waals surface area contributed by atoms with Crippen LogP contribution in [0.1, 0.15) is 25.0 Å². The number of alkyl halides is 1. The minimum Gasteiger partial charge on any atom is -0.302 e. The van der Waals surface area contributed by atoms with Gasteiger partial charge in [-0.05, 0) is 12.8 Å². The van der Waals surface area contributed by atoms with E-state index in [1.54, 1.807) is 0 Å². The van der Waals surface area contributed by atoms with E-state index in [1.165, 1.54) is 17.8 Å². The van der Waals surface area contributed by atoms with E-state index >= 15 is 0 Å². The highest BCUT2D eigenvalue weighted by Gasteiger charge is 2.25. The molecule has 1 aliphatic carbocycles. The summed E-state index contributed by atoms with van der Waals surface area (Å²) in [5.74, 6) is 0.709. The summed E-state index contributed by atoms with van der Waals surface area (Å²) in [5.41, 5.74) is 0.820. The van der Waals surface area contributed by atoms with Gasteiger partial charge in [-0.3, -0.25) is 4.79 Å². The molecule has 3 nitrogen and oxygen atoms in total. The van der Waals surface area contributed by atoms with E-state index in [-0.39, 0.29) is 11.8 Å². The van der Waals surface area contributed by atoms with Crippen LogP contribution in [-0.4, -0.2) is 10.9 Å². The first-order valence-electron chi connectivity index (χ1n) is 4.61. The molecule has 1 N–H and O–H groups in total. The van der Waals surface area contributed by atoms with Crippen molar-refractivity contribution in [3.05, 3.63) is 11.1 Å². The maximum Gasteiger partial charge on any atom is 0.229 e. The molecule has 0 atom stereocenters. The number of amides is 1. The topological polar surface area (TPSA) is 42.0 Å². The van der Waals surface area contributed by atoms with Gasteiger partial charge in [0.15, 0.2) is 5.13 Å². The Bertz CT molecular complexity index is 335. The van der Waals surface area contributed by atoms with Crippen LogP contribution in [0.25, 0.3) is 0 Å². The molecule has 1 heterocycles. The summed E-state index contributed by atoms with van der Waals surface area (Å²) in [7, 11) is 0. The predicted molar refractivity (Wildman–Crippen MR) is 57.6 cm³/mol. The Morgan fingerprint density at radius 2 is 2.50 bits per heavy atom. The molecule has 1 aromatic rings. The number of rotatable bonds is 3. The minimum atomic E-state index is 0.103. The summed E-state index contributed by atoms with van der Waals surface area (Å²) in [6, 6.07) is 0. The van der Waals surface area contributed by atoms with Crippen LogP contribution in [0.2, 0.25) is 0 Å². The number of carbonyl (C=O) groups is 1. The van der Waals surface area contributed by atoms with Gasteiger partial charge in [-0.25, -0.2) is 4.98 Å². The lowest BCUT2D eigenvalue weighted by molar-refractivity contribution is -0.122. The van der Waals surface area contributed by atoms with E-state index in [2.05, 4.69) is 10.3 Å². The number of nitrogens with one attached hydrogen (secondary N) is 1. The molecule has 1 saturated carbocycles. The highest BCUT2D eigenvalue weighted by Crippen LogP contribution is 2.28. The smallest absolute Gasteiger partial charge is 0.229 e. The summed E-state index contributed by atoms with van der Waals surface area (Å²) in [4.78, 5) is 15.7. The molecular formula is C9H11ClN2OS. The van der Waals surface area contributed by atoms with Crippen molar-refractivity contribution in [2.45, 2.75) is 25.1 Å². The molecule has 1 amide bonds. The molecule has 0 saturated heterocycles. The van der Waals surface area contributed by atoms with Crippen molar-refractivity contribution in [3.8, 4) is 0 Å². The number of hydrogen-bond donors (Lipinski definition) is 1. The van der Waals surface area contributed by atoms with Crippen molar-refractivity contribution < 1.29 is 4.79 Å². The first-order valence-corrected chi connectivity index (χ1v) is 6.02. The summed E-state index contributed by atoms with van der Waals surface area (Å²) < 4.78 is 0. The number of aromatic nitrogens is 1. The Hall–Kier alpha value is -0.610. The molecule has 14 heavy (non-hydrogen) atoms. The van der Waals surface area contributed by atoms with Gasteiger partial charge in [0.2, 0.25) is 5.91 Å². The molecule has 0 radical (unpaired) electrons. The van der Waals surface area contributed by atoms with Crippen LogP contribution in [0, 0.1) is 5.92 Å². The number of nitrogens with zero attached hydrogens (tertiary/aromatic N) is 1. The predicted octanol–water partition coefficient (Wildman–Crippen LogP) is 2.62. The quantitative estimate of drug-likeness (QED) is 0.812. The first-order chi connectivity index (χ1) is 6.79. The van der Waals surface area contributed by atoms with E-state index in [9.17, 15) is 4.79 Å². The van der Waals surface area contributed by atoms with Crippen LogP contribution in [0.15, 0.2) is 5.38 Å². The fourth-order valence-corrected chi connectivity index (χ4v) is 2.25. The van der Waals surface area contributed by atoms with Gasteiger partial charge in [-0.2, -0.15) is 0 Å². The Morgan fingerprint density at radius 1 is 1.71 bits per heavy atom. The molecule has 1 aromatic heterocycles. The van der Waals surface area contributed by atoms with Crippen molar-refractivity contribution >= 4 is 34.0 Å². The van der Waals surface area contributed by atoms with Crippen LogP contribution >= 0.6 is 22.9 Å². The SMILES string of the molecule is O=C(Nc1nc(CCl)cs1)C1CCC1. The van der Waals surface area contributed by atoms with Crippen molar-refractivity contribution in [3.63, 3.8) is 0 Å². The maximum absolute atomic E-state index is 11.5. The Balaban J connectivity index is 1.92. The van der Waals surface area contributed by atoms with Gasteiger partial charge >= 0.3 is 0 Å². The zero-order valence-electron chi connectivity index (χ0n) is 7.62. The molecule has 0 spiro atoms. The minimum absolute atomic E-state index is 0.103. The van der Waals surface area contributed by atoms with Gasteiger partial charge in [-0.1, -0.05) is 6.42 Å². The highest BCUT2D eigenvalue weighted by molar-refractivity contribution is 7.13. The van der Waals surface area contributed by atoms with Gasteiger partial charge in [0.05, 0.1) is 11.6 Å². The third-order valence-corrected chi connectivity index (χ3v) is 3.48. The summed E-state index contributed by atoms with van der Waals surface area (Å²) in [6.45, 7) is 0. The zero-order valence-corrected chi connectivity index (χ0v) is 9.20. The molecule has 0 bridgehead atoms. The van der Waals surface area contributed by atoms with Crippen molar-refractivity contribution in [2.24, 2.45) is 5.92 Å². The summed E-state index contributed by atoms with van der Waals surface area (Å²) in [6.07, 6.45) is 3.20. The molecule has 1 fully saturated rings. The van der Waals surface area contributed by atoms with Crippen molar-refractivity contribution in [2.75, 3.05) is 5.32 Å². The van der Waals surface area contributed by atoms with Crippen LogP contribution in [0.5, 0.6) is 0 Å². The number of carbonyl (C=O) groups excluding carboxylic acids is 1. The van der Waals surface area contributed by atoms with E-state index in [1.807, 2.05) is 5.38 Å². The van der Waals surface area contributed by atoms with E-state index in [0.29, 0.717) is 11.0 Å². The zero-order chi connectivity index (χ0) is 9.97. The molecular weight excluding hydrogens is 220 g/mol. The molecule has 5 heteroatoms. The van der Waals surface area contributed by atoms with Gasteiger partial charge in [0.25, 0.3) is 0 Å². The van der Waals surface area contributed by atoms with Gasteiger partial charge in [-0.15, -0.1) is 22.9 Å². The summed E-state index contributed by atoms with van der Waals surface area (Å²) in [5, 5.41) is 5.34. The largest absolute Gasteiger partial charge is 0.302 e. The standard InChI is InChI=1S/C9H11ClN2OS/c10-4-7-5-14-9(11-7)12-8(13)6-2-1-3-6/h5-6H,1-4H2,(H,11,12,13). The molecule has 76 valence electrons. The molecule has 0 unspecified atom stereocenters. The second-order valence-electron chi connectivity index (χ2n) is 3.39. The molecule has 0 aliphatic heterocycles. The van der Waals surface area contributed by atoms with E-state index in [4.69, 9.17) is 11.6 Å². The normalized spacial score (nSPS) is 16.4. The third-order valence-electron chi connectivity index (χ3n) is 2.39. The average molecular weight is 231 g/mol. The third kappa shape index (κ3) is 2.07. The van der Waals surface area contributed by atoms with Gasteiger partial charge in [0, 0.05) is 11.3 Å². The van der Waals surface area contributed by atoms with Crippen LogP contribution in [0.4, 0.5) is 5.13 Å². The Kier molecular flexibility index (Phi) is 3.03. The van der Waals surface area contributed by atoms with Crippen LogP contribution in [-0.2, 0) is 10.7 Å². The van der Waals surface area contributed by atoms with E-state index in [0.717, 1.165) is 18.5 Å². The second kappa shape index (κ2) is 4.28. The average Bonchev–Trinajstić information content (AvgIpc) is 2.48. The Morgan fingerprint density at radius 3 is 3.00 bits per heavy atom. The summed E-state index contributed by atoms with van der Waals surface area (Å²) >= 11 is 7.04. The number of thiazole rings is 1. The Labute approximate surface area is 91.5 Å². The van der Waals surface area contributed by atoms with Crippen molar-refractivity contribution in [1.82, 2.24) is 4.98 Å². The second-order valence-corrected chi connectivity index (χ2v) is 4.52. The fourth-order valence-electron chi connectivity index (χ4n) is 1.30. The maximum atomic E-state index is 11.5. The highest BCUT2D eigenvalue weighted by atomic mass is 35.5. The molecule has 0 aromatic carbocycles. The lowest BCUT2D eigenvalue weighted by Crippen LogP contribution is -2.27. The number of hydrogen-bond acceptors (Lipinski definition) is 3. The molecule has 1 aliphatic rings. The lowest BCUT2D eigenvalue weighted by atomic mass is 9.85. The number of halogens is 1.